The van der Waals surface area contributed by atoms with Gasteiger partial charge in [0.1, 0.15) is 4.47 Å². The first-order valence-corrected chi connectivity index (χ1v) is 10.4. The predicted molar refractivity (Wildman–Crippen MR) is 116 cm³/mol. The van der Waals surface area contributed by atoms with Crippen LogP contribution in [0.1, 0.15) is 24.1 Å². The molecular weight excluding hydrogens is 432 g/mol. The van der Waals surface area contributed by atoms with Gasteiger partial charge >= 0.3 is 0 Å². The number of hydrogen-bond acceptors (Lipinski definition) is 3. The van der Waals surface area contributed by atoms with Crippen molar-refractivity contribution in [2.75, 3.05) is 13.1 Å². The SMILES string of the molecule is NC(=O)C1(c2ccccc2)CCN(Cc2[nH]n(-c3ccccc3)c(=O)c2Br)CC1. The van der Waals surface area contributed by atoms with Crippen LogP contribution in [0.5, 0.6) is 0 Å². The van der Waals surface area contributed by atoms with E-state index in [2.05, 4.69) is 25.9 Å². The summed E-state index contributed by atoms with van der Waals surface area (Å²) in [6.07, 6.45) is 1.32. The summed E-state index contributed by atoms with van der Waals surface area (Å²) in [4.78, 5) is 27.2. The molecule has 3 N–H and O–H groups in total. The molecule has 0 aliphatic carbocycles. The highest BCUT2D eigenvalue weighted by Gasteiger charge is 2.41. The van der Waals surface area contributed by atoms with Crippen molar-refractivity contribution in [3.05, 3.63) is 86.7 Å². The van der Waals surface area contributed by atoms with Gasteiger partial charge in [-0.25, -0.2) is 4.68 Å². The first kappa shape index (κ1) is 19.7. The maximum atomic E-state index is 12.6. The van der Waals surface area contributed by atoms with Gasteiger partial charge in [0, 0.05) is 6.54 Å². The van der Waals surface area contributed by atoms with Gasteiger partial charge in [0.15, 0.2) is 0 Å². The zero-order valence-electron chi connectivity index (χ0n) is 16.0. The smallest absolute Gasteiger partial charge is 0.285 e. The molecule has 1 aliphatic rings. The van der Waals surface area contributed by atoms with Crippen molar-refractivity contribution in [1.82, 2.24) is 14.7 Å². The fraction of sp³-hybridized carbons (Fsp3) is 0.273. The fourth-order valence-corrected chi connectivity index (χ4v) is 4.47. The second kappa shape index (κ2) is 8.00. The van der Waals surface area contributed by atoms with Crippen LogP contribution in [0.3, 0.4) is 0 Å². The van der Waals surface area contributed by atoms with Gasteiger partial charge in [0.25, 0.3) is 5.56 Å². The molecule has 4 rings (SSSR count). The Bertz CT molecular complexity index is 1050. The molecule has 0 saturated carbocycles. The second-order valence-corrected chi connectivity index (χ2v) is 8.26. The summed E-state index contributed by atoms with van der Waals surface area (Å²) in [7, 11) is 0. The molecule has 150 valence electrons. The van der Waals surface area contributed by atoms with Gasteiger partial charge < -0.3 is 5.73 Å². The largest absolute Gasteiger partial charge is 0.369 e. The lowest BCUT2D eigenvalue weighted by molar-refractivity contribution is -0.125. The maximum Gasteiger partial charge on any atom is 0.285 e. The van der Waals surface area contributed by atoms with Crippen molar-refractivity contribution >= 4 is 21.8 Å². The maximum absolute atomic E-state index is 12.6. The number of H-pyrrole nitrogens is 1. The van der Waals surface area contributed by atoms with Crippen LogP contribution < -0.4 is 11.3 Å². The number of primary amides is 1. The standard InChI is InChI=1S/C22H23BrN4O2/c23-19-18(25-27(20(19)28)17-9-5-2-6-10-17)15-26-13-11-22(12-14-26,21(24)29)16-7-3-1-4-8-16/h1-10,25H,11-15H2,(H2,24,29). The molecule has 1 fully saturated rings. The van der Waals surface area contributed by atoms with Crippen molar-refractivity contribution in [3.63, 3.8) is 0 Å². The molecule has 0 radical (unpaired) electrons. The topological polar surface area (TPSA) is 84.1 Å². The van der Waals surface area contributed by atoms with Crippen molar-refractivity contribution in [3.8, 4) is 5.69 Å². The molecule has 1 amide bonds. The van der Waals surface area contributed by atoms with Gasteiger partial charge in [0.05, 0.1) is 16.8 Å². The number of nitrogens with zero attached hydrogens (tertiary/aromatic N) is 2. The second-order valence-electron chi connectivity index (χ2n) is 7.47. The number of likely N-dealkylation sites (tertiary alicyclic amines) is 1. The molecule has 0 unspecified atom stereocenters. The van der Waals surface area contributed by atoms with Crippen molar-refractivity contribution < 1.29 is 4.79 Å². The highest BCUT2D eigenvalue weighted by molar-refractivity contribution is 9.10. The molecule has 0 atom stereocenters. The lowest BCUT2D eigenvalue weighted by Crippen LogP contribution is -2.49. The number of aromatic nitrogens is 2. The van der Waals surface area contributed by atoms with E-state index in [0.717, 1.165) is 30.0 Å². The zero-order chi connectivity index (χ0) is 20.4. The molecule has 7 heteroatoms. The van der Waals surface area contributed by atoms with Crippen molar-refractivity contribution in [2.24, 2.45) is 5.73 Å². The molecular formula is C22H23BrN4O2. The Morgan fingerprint density at radius 1 is 1.03 bits per heavy atom. The molecule has 2 heterocycles. The van der Waals surface area contributed by atoms with Crippen LogP contribution in [-0.2, 0) is 16.8 Å². The van der Waals surface area contributed by atoms with Gasteiger partial charge in [-0.15, -0.1) is 0 Å². The summed E-state index contributed by atoms with van der Waals surface area (Å²) in [6.45, 7) is 2.05. The molecule has 2 aromatic carbocycles. The average Bonchev–Trinajstić information content (AvgIpc) is 3.04. The number of aromatic amines is 1. The molecule has 0 bridgehead atoms. The Morgan fingerprint density at radius 3 is 2.21 bits per heavy atom. The van der Waals surface area contributed by atoms with Gasteiger partial charge in [-0.05, 0) is 59.6 Å². The number of rotatable bonds is 5. The predicted octanol–water partition coefficient (Wildman–Crippen LogP) is 2.95. The van der Waals surface area contributed by atoms with Crippen LogP contribution in [-0.4, -0.2) is 33.7 Å². The monoisotopic (exact) mass is 454 g/mol. The zero-order valence-corrected chi connectivity index (χ0v) is 17.6. The molecule has 29 heavy (non-hydrogen) atoms. The van der Waals surface area contributed by atoms with Crippen LogP contribution in [0.25, 0.3) is 5.69 Å². The molecule has 1 aromatic heterocycles. The minimum Gasteiger partial charge on any atom is -0.369 e. The van der Waals surface area contributed by atoms with Crippen LogP contribution in [0.15, 0.2) is 69.9 Å². The summed E-state index contributed by atoms with van der Waals surface area (Å²) in [5.74, 6) is -0.270. The minimum absolute atomic E-state index is 0.112. The quantitative estimate of drug-likeness (QED) is 0.621. The van der Waals surface area contributed by atoms with E-state index in [0.29, 0.717) is 23.9 Å². The summed E-state index contributed by atoms with van der Waals surface area (Å²) in [6, 6.07) is 19.3. The first-order valence-electron chi connectivity index (χ1n) is 9.64. The summed E-state index contributed by atoms with van der Waals surface area (Å²) in [5, 5.41) is 3.21. The number of benzene rings is 2. The number of carbonyl (C=O) groups excluding carboxylic acids is 1. The number of nitrogens with one attached hydrogen (secondary N) is 1. The van der Waals surface area contributed by atoms with Gasteiger partial charge in [-0.3, -0.25) is 19.6 Å². The third kappa shape index (κ3) is 3.68. The number of halogens is 1. The Labute approximate surface area is 177 Å². The van der Waals surface area contributed by atoms with Gasteiger partial charge in [-0.2, -0.15) is 0 Å². The van der Waals surface area contributed by atoms with E-state index in [4.69, 9.17) is 5.73 Å². The van der Waals surface area contributed by atoms with Crippen LogP contribution in [0.4, 0.5) is 0 Å². The van der Waals surface area contributed by atoms with E-state index >= 15 is 0 Å². The molecule has 1 saturated heterocycles. The highest BCUT2D eigenvalue weighted by atomic mass is 79.9. The number of carbonyl (C=O) groups is 1. The number of piperidine rings is 1. The van der Waals surface area contributed by atoms with E-state index in [1.807, 2.05) is 60.7 Å². The third-order valence-electron chi connectivity index (χ3n) is 5.81. The minimum atomic E-state index is -0.627. The van der Waals surface area contributed by atoms with E-state index < -0.39 is 5.41 Å². The summed E-state index contributed by atoms with van der Waals surface area (Å²) >= 11 is 3.44. The Balaban J connectivity index is 1.52. The van der Waals surface area contributed by atoms with E-state index in [1.54, 1.807) is 4.68 Å². The lowest BCUT2D eigenvalue weighted by atomic mass is 9.72. The van der Waals surface area contributed by atoms with Crippen LogP contribution in [0, 0.1) is 0 Å². The highest BCUT2D eigenvalue weighted by Crippen LogP contribution is 2.35. The van der Waals surface area contributed by atoms with Crippen molar-refractivity contribution in [2.45, 2.75) is 24.8 Å². The Morgan fingerprint density at radius 2 is 1.62 bits per heavy atom. The molecule has 1 aliphatic heterocycles. The van der Waals surface area contributed by atoms with Gasteiger partial charge in [0.2, 0.25) is 5.91 Å². The first-order chi connectivity index (χ1) is 14.0. The Kier molecular flexibility index (Phi) is 5.43. The molecule has 0 spiro atoms. The van der Waals surface area contributed by atoms with E-state index in [-0.39, 0.29) is 11.5 Å². The fourth-order valence-electron chi connectivity index (χ4n) is 4.08. The average molecular weight is 455 g/mol. The van der Waals surface area contributed by atoms with Crippen molar-refractivity contribution in [1.29, 1.82) is 0 Å². The van der Waals surface area contributed by atoms with E-state index in [1.165, 1.54) is 0 Å². The molecule has 3 aromatic rings. The van der Waals surface area contributed by atoms with Crippen LogP contribution in [0.2, 0.25) is 0 Å². The number of para-hydroxylation sites is 1. The lowest BCUT2D eigenvalue weighted by Gasteiger charge is -2.40. The normalized spacial score (nSPS) is 16.6. The Hall–Kier alpha value is -2.64. The van der Waals surface area contributed by atoms with E-state index in [9.17, 15) is 9.59 Å². The number of amides is 1. The van der Waals surface area contributed by atoms with Gasteiger partial charge in [-0.1, -0.05) is 48.5 Å². The summed E-state index contributed by atoms with van der Waals surface area (Å²) < 4.78 is 2.08. The van der Waals surface area contributed by atoms with Crippen LogP contribution >= 0.6 is 15.9 Å². The number of nitrogens with two attached hydrogens (primary N) is 1. The molecule has 6 nitrogen and oxygen atoms in total. The summed E-state index contributed by atoms with van der Waals surface area (Å²) in [5.41, 5.74) is 7.69. The third-order valence-corrected chi connectivity index (χ3v) is 6.62. The number of hydrogen-bond donors (Lipinski definition) is 2.